The molecule has 21 heavy (non-hydrogen) atoms. The van der Waals surface area contributed by atoms with Crippen molar-refractivity contribution in [2.75, 3.05) is 0 Å². The molecule has 0 saturated carbocycles. The molecule has 0 aliphatic carbocycles. The van der Waals surface area contributed by atoms with Gasteiger partial charge in [0.15, 0.2) is 5.69 Å². The number of H-pyrrole nitrogens is 1. The maximum atomic E-state index is 12.7. The average molecular weight is 288 g/mol. The number of halogens is 1. The molecule has 0 fully saturated rings. The monoisotopic (exact) mass is 288 g/mol. The van der Waals surface area contributed by atoms with Crippen LogP contribution in [0.4, 0.5) is 4.39 Å². The molecule has 1 aromatic carbocycles. The quantitative estimate of drug-likeness (QED) is 0.673. The van der Waals surface area contributed by atoms with E-state index < -0.39 is 5.91 Å². The van der Waals surface area contributed by atoms with Gasteiger partial charge in [0.25, 0.3) is 5.91 Å². The number of nitrogens with one attached hydrogen (secondary N) is 2. The smallest absolute Gasteiger partial charge is 0.281 e. The van der Waals surface area contributed by atoms with E-state index in [9.17, 15) is 9.18 Å². The number of hydrogen-bond acceptors (Lipinski definition) is 3. The van der Waals surface area contributed by atoms with Gasteiger partial charge in [-0.25, -0.2) is 9.82 Å². The van der Waals surface area contributed by atoms with Gasteiger partial charge in [0.1, 0.15) is 5.82 Å². The Morgan fingerprint density at radius 1 is 1.33 bits per heavy atom. The van der Waals surface area contributed by atoms with Crippen molar-refractivity contribution in [1.82, 2.24) is 15.6 Å². The second-order valence-electron chi connectivity index (χ2n) is 5.67. The van der Waals surface area contributed by atoms with Gasteiger partial charge >= 0.3 is 0 Å². The molecule has 0 radical (unpaired) electrons. The highest BCUT2D eigenvalue weighted by atomic mass is 19.1. The van der Waals surface area contributed by atoms with Gasteiger partial charge in [-0.2, -0.15) is 10.2 Å². The van der Waals surface area contributed by atoms with Crippen LogP contribution in [-0.4, -0.2) is 22.3 Å². The summed E-state index contributed by atoms with van der Waals surface area (Å²) in [7, 11) is 0. The zero-order valence-corrected chi connectivity index (χ0v) is 12.1. The van der Waals surface area contributed by atoms with Gasteiger partial charge in [-0.05, 0) is 23.8 Å². The molecule has 0 spiro atoms. The molecule has 0 aliphatic heterocycles. The highest BCUT2D eigenvalue weighted by Crippen LogP contribution is 2.20. The van der Waals surface area contributed by atoms with Crippen LogP contribution in [-0.2, 0) is 5.41 Å². The van der Waals surface area contributed by atoms with Gasteiger partial charge in [-0.1, -0.05) is 32.9 Å². The van der Waals surface area contributed by atoms with Crippen LogP contribution in [0.2, 0.25) is 0 Å². The normalized spacial score (nSPS) is 11.8. The summed E-state index contributed by atoms with van der Waals surface area (Å²) in [6.45, 7) is 6.07. The van der Waals surface area contributed by atoms with Crippen molar-refractivity contribution < 1.29 is 9.18 Å². The number of aromatic amines is 1. The first kappa shape index (κ1) is 14.9. The van der Waals surface area contributed by atoms with E-state index >= 15 is 0 Å². The Morgan fingerprint density at radius 2 is 2.00 bits per heavy atom. The van der Waals surface area contributed by atoms with E-state index in [1.165, 1.54) is 18.3 Å². The molecular weight excluding hydrogens is 271 g/mol. The third kappa shape index (κ3) is 3.98. The number of hydrazone groups is 1. The number of nitrogens with zero attached hydrogens (tertiary/aromatic N) is 2. The lowest BCUT2D eigenvalue weighted by atomic mass is 9.92. The number of carbonyl (C=O) groups is 1. The standard InChI is InChI=1S/C15H17FN4O/c1-15(2,3)13-8-12(18-19-13)14(21)20-17-9-10-4-6-11(16)7-5-10/h4-9H,1-3H3,(H,18,19)(H,20,21)/b17-9-. The largest absolute Gasteiger partial charge is 0.291 e. The Labute approximate surface area is 122 Å². The van der Waals surface area contributed by atoms with Crippen LogP contribution >= 0.6 is 0 Å². The molecule has 1 aromatic heterocycles. The van der Waals surface area contributed by atoms with E-state index in [1.807, 2.05) is 20.8 Å². The van der Waals surface area contributed by atoms with Crippen molar-refractivity contribution in [2.45, 2.75) is 26.2 Å². The SMILES string of the molecule is CC(C)(C)c1cc(C(=O)N/N=C\c2ccc(F)cc2)n[nH]1. The second-order valence-corrected chi connectivity index (χ2v) is 5.67. The summed E-state index contributed by atoms with van der Waals surface area (Å²) in [4.78, 5) is 11.9. The minimum atomic E-state index is -0.403. The minimum absolute atomic E-state index is 0.108. The molecule has 0 unspecified atom stereocenters. The lowest BCUT2D eigenvalue weighted by molar-refractivity contribution is 0.0950. The van der Waals surface area contributed by atoms with Crippen LogP contribution in [0.3, 0.4) is 0 Å². The number of carbonyl (C=O) groups excluding carboxylic acids is 1. The zero-order chi connectivity index (χ0) is 15.5. The average Bonchev–Trinajstić information content (AvgIpc) is 2.90. The van der Waals surface area contributed by atoms with E-state index in [0.717, 1.165) is 5.69 Å². The number of amides is 1. The predicted octanol–water partition coefficient (Wildman–Crippen LogP) is 2.61. The second kappa shape index (κ2) is 5.87. The molecule has 5 nitrogen and oxygen atoms in total. The fourth-order valence-corrected chi connectivity index (χ4v) is 1.59. The lowest BCUT2D eigenvalue weighted by Crippen LogP contribution is -2.18. The molecular formula is C15H17FN4O. The Morgan fingerprint density at radius 3 is 2.57 bits per heavy atom. The molecule has 0 aliphatic rings. The van der Waals surface area contributed by atoms with Gasteiger partial charge in [-0.3, -0.25) is 9.89 Å². The maximum absolute atomic E-state index is 12.7. The van der Waals surface area contributed by atoms with Gasteiger partial charge in [0.2, 0.25) is 0 Å². The van der Waals surface area contributed by atoms with Crippen LogP contribution in [0, 0.1) is 5.82 Å². The van der Waals surface area contributed by atoms with Gasteiger partial charge in [-0.15, -0.1) is 0 Å². The summed E-state index contributed by atoms with van der Waals surface area (Å²) in [5.74, 6) is -0.720. The zero-order valence-electron chi connectivity index (χ0n) is 12.1. The number of hydrogen-bond donors (Lipinski definition) is 2. The van der Waals surface area contributed by atoms with Crippen molar-refractivity contribution >= 4 is 12.1 Å². The van der Waals surface area contributed by atoms with E-state index in [1.54, 1.807) is 18.2 Å². The van der Waals surface area contributed by atoms with Crippen LogP contribution in [0.1, 0.15) is 42.5 Å². The van der Waals surface area contributed by atoms with E-state index in [4.69, 9.17) is 0 Å². The van der Waals surface area contributed by atoms with Gasteiger partial charge < -0.3 is 0 Å². The number of benzene rings is 1. The van der Waals surface area contributed by atoms with E-state index in [-0.39, 0.29) is 16.9 Å². The van der Waals surface area contributed by atoms with Crippen molar-refractivity contribution in [3.05, 3.63) is 53.1 Å². The van der Waals surface area contributed by atoms with Crippen LogP contribution < -0.4 is 5.43 Å². The maximum Gasteiger partial charge on any atom is 0.291 e. The first-order chi connectivity index (χ1) is 9.86. The molecule has 2 aromatic rings. The summed E-state index contributed by atoms with van der Waals surface area (Å²) < 4.78 is 12.7. The van der Waals surface area contributed by atoms with Crippen molar-refractivity contribution in [3.8, 4) is 0 Å². The van der Waals surface area contributed by atoms with E-state index in [0.29, 0.717) is 5.56 Å². The Hall–Kier alpha value is -2.50. The predicted molar refractivity (Wildman–Crippen MR) is 78.7 cm³/mol. The highest BCUT2D eigenvalue weighted by molar-refractivity contribution is 5.93. The fraction of sp³-hybridized carbons (Fsp3) is 0.267. The van der Waals surface area contributed by atoms with Gasteiger partial charge in [0.05, 0.1) is 6.21 Å². The summed E-state index contributed by atoms with van der Waals surface area (Å²) in [5, 5.41) is 10.6. The van der Waals surface area contributed by atoms with Crippen LogP contribution in [0.15, 0.2) is 35.4 Å². The first-order valence-corrected chi connectivity index (χ1v) is 6.51. The molecule has 0 bridgehead atoms. The molecule has 0 saturated heterocycles. The van der Waals surface area contributed by atoms with Crippen molar-refractivity contribution in [3.63, 3.8) is 0 Å². The Kier molecular flexibility index (Phi) is 4.16. The van der Waals surface area contributed by atoms with Crippen molar-refractivity contribution in [2.24, 2.45) is 5.10 Å². The Bertz CT molecular complexity index is 653. The Balaban J connectivity index is 1.98. The summed E-state index contributed by atoms with van der Waals surface area (Å²) in [6, 6.07) is 7.48. The van der Waals surface area contributed by atoms with Crippen LogP contribution in [0.5, 0.6) is 0 Å². The first-order valence-electron chi connectivity index (χ1n) is 6.51. The molecule has 110 valence electrons. The fourth-order valence-electron chi connectivity index (χ4n) is 1.59. The topological polar surface area (TPSA) is 70.1 Å². The number of aromatic nitrogens is 2. The minimum Gasteiger partial charge on any atom is -0.281 e. The summed E-state index contributed by atoms with van der Waals surface area (Å²) in [6.07, 6.45) is 1.44. The molecule has 1 amide bonds. The third-order valence-electron chi connectivity index (χ3n) is 2.87. The van der Waals surface area contributed by atoms with Crippen molar-refractivity contribution in [1.29, 1.82) is 0 Å². The number of rotatable bonds is 3. The molecule has 6 heteroatoms. The van der Waals surface area contributed by atoms with Crippen LogP contribution in [0.25, 0.3) is 0 Å². The highest BCUT2D eigenvalue weighted by Gasteiger charge is 2.18. The van der Waals surface area contributed by atoms with Gasteiger partial charge in [0, 0.05) is 11.1 Å². The lowest BCUT2D eigenvalue weighted by Gasteiger charge is -2.14. The summed E-state index contributed by atoms with van der Waals surface area (Å²) in [5.41, 5.74) is 4.11. The summed E-state index contributed by atoms with van der Waals surface area (Å²) >= 11 is 0. The molecule has 1 heterocycles. The molecule has 2 N–H and O–H groups in total. The molecule has 2 rings (SSSR count). The third-order valence-corrected chi connectivity index (χ3v) is 2.87. The van der Waals surface area contributed by atoms with E-state index in [2.05, 4.69) is 20.7 Å². The molecule has 0 atom stereocenters.